The summed E-state index contributed by atoms with van der Waals surface area (Å²) in [5.41, 5.74) is -2.50. The average molecular weight is 491 g/mol. The van der Waals surface area contributed by atoms with Crippen LogP contribution in [0.4, 0.5) is 9.18 Å². The molecule has 1 atom stereocenters. The lowest BCUT2D eigenvalue weighted by Gasteiger charge is -2.47. The summed E-state index contributed by atoms with van der Waals surface area (Å²) in [5.74, 6) is -2.10. The van der Waals surface area contributed by atoms with Crippen molar-refractivity contribution in [2.24, 2.45) is 7.05 Å². The molecule has 2 heterocycles. The summed E-state index contributed by atoms with van der Waals surface area (Å²) >= 11 is 0. The van der Waals surface area contributed by atoms with E-state index in [4.69, 9.17) is 9.47 Å². The second-order valence-corrected chi connectivity index (χ2v) is 9.80. The Balaban J connectivity index is 1.93. The number of aromatic nitrogens is 2. The standard InChI is InChI=1S/C24H31FN4O6/c1-23(2,3)35-22(33)29-12-11-27(5)24(4,14-29)21-26-17(18(30)19(31)28(21)6)20(32)34-13-15-7-9-16(25)10-8-15/h7-10,30H,11-14H2,1-6H3. The Hall–Kier alpha value is -3.47. The average Bonchev–Trinajstić information content (AvgIpc) is 2.77. The summed E-state index contributed by atoms with van der Waals surface area (Å²) in [7, 11) is 3.25. The number of hydrogen-bond acceptors (Lipinski definition) is 8. The fourth-order valence-corrected chi connectivity index (χ4v) is 3.82. The Labute approximate surface area is 202 Å². The molecule has 35 heavy (non-hydrogen) atoms. The third-order valence-electron chi connectivity index (χ3n) is 5.92. The van der Waals surface area contributed by atoms with E-state index in [0.717, 1.165) is 4.57 Å². The van der Waals surface area contributed by atoms with Crippen molar-refractivity contribution in [1.82, 2.24) is 19.4 Å². The second kappa shape index (κ2) is 9.65. The minimum absolute atomic E-state index is 0.132. The molecule has 2 aromatic rings. The number of ether oxygens (including phenoxy) is 2. The first-order valence-corrected chi connectivity index (χ1v) is 11.1. The van der Waals surface area contributed by atoms with Crippen molar-refractivity contribution < 1.29 is 28.6 Å². The maximum absolute atomic E-state index is 13.1. The first-order valence-electron chi connectivity index (χ1n) is 11.1. The van der Waals surface area contributed by atoms with E-state index in [0.29, 0.717) is 18.7 Å². The Morgan fingerprint density at radius 3 is 2.40 bits per heavy atom. The minimum atomic E-state index is -1.00. The van der Waals surface area contributed by atoms with E-state index in [1.54, 1.807) is 27.7 Å². The van der Waals surface area contributed by atoms with Crippen molar-refractivity contribution in [3.8, 4) is 5.75 Å². The molecule has 0 spiro atoms. The Kier molecular flexibility index (Phi) is 7.21. The van der Waals surface area contributed by atoms with Crippen LogP contribution in [0.2, 0.25) is 0 Å². The lowest BCUT2D eigenvalue weighted by atomic mass is 9.95. The maximum atomic E-state index is 13.1. The first kappa shape index (κ1) is 26.1. The van der Waals surface area contributed by atoms with E-state index >= 15 is 0 Å². The third-order valence-corrected chi connectivity index (χ3v) is 5.92. The van der Waals surface area contributed by atoms with Crippen LogP contribution in [0.25, 0.3) is 0 Å². The van der Waals surface area contributed by atoms with Crippen molar-refractivity contribution in [1.29, 1.82) is 0 Å². The van der Waals surface area contributed by atoms with Crippen molar-refractivity contribution in [2.45, 2.75) is 45.4 Å². The van der Waals surface area contributed by atoms with E-state index in [2.05, 4.69) is 4.98 Å². The number of piperazine rings is 1. The van der Waals surface area contributed by atoms with Crippen molar-refractivity contribution in [3.63, 3.8) is 0 Å². The number of aromatic hydroxyl groups is 1. The van der Waals surface area contributed by atoms with E-state index in [1.807, 2.05) is 11.9 Å². The largest absolute Gasteiger partial charge is 0.501 e. The normalized spacial score (nSPS) is 18.9. The predicted octanol–water partition coefficient (Wildman–Crippen LogP) is 2.38. The summed E-state index contributed by atoms with van der Waals surface area (Å²) in [6.07, 6.45) is -0.500. The van der Waals surface area contributed by atoms with Gasteiger partial charge in [-0.3, -0.25) is 14.3 Å². The van der Waals surface area contributed by atoms with Crippen LogP contribution in [0.5, 0.6) is 5.75 Å². The molecule has 1 aromatic heterocycles. The fraction of sp³-hybridized carbons (Fsp3) is 0.500. The summed E-state index contributed by atoms with van der Waals surface area (Å²) in [6.45, 7) is 7.90. The lowest BCUT2D eigenvalue weighted by molar-refractivity contribution is -0.0175. The van der Waals surface area contributed by atoms with Gasteiger partial charge in [0.05, 0.1) is 5.54 Å². The molecule has 1 saturated heterocycles. The number of nitrogens with zero attached hydrogens (tertiary/aromatic N) is 4. The summed E-state index contributed by atoms with van der Waals surface area (Å²) in [4.78, 5) is 46.1. The van der Waals surface area contributed by atoms with Crippen molar-refractivity contribution in [3.05, 3.63) is 57.5 Å². The SMILES string of the molecule is CN1CCN(C(=O)OC(C)(C)C)CC1(C)c1nc(C(=O)OCc2ccc(F)cc2)c(O)c(=O)n1C. The van der Waals surface area contributed by atoms with Gasteiger partial charge in [0.2, 0.25) is 5.75 Å². The highest BCUT2D eigenvalue weighted by Gasteiger charge is 2.43. The number of amides is 1. The quantitative estimate of drug-likeness (QED) is 0.650. The number of likely N-dealkylation sites (N-methyl/N-ethyl adjacent to an activating group) is 1. The van der Waals surface area contributed by atoms with Gasteiger partial charge in [-0.25, -0.2) is 19.0 Å². The zero-order valence-corrected chi connectivity index (χ0v) is 20.8. The molecule has 3 rings (SSSR count). The Morgan fingerprint density at radius 1 is 1.17 bits per heavy atom. The molecule has 1 aliphatic rings. The molecule has 0 bridgehead atoms. The topological polar surface area (TPSA) is 114 Å². The fourth-order valence-electron chi connectivity index (χ4n) is 3.82. The molecule has 1 amide bonds. The number of hydrogen-bond donors (Lipinski definition) is 1. The van der Waals surface area contributed by atoms with E-state index < -0.39 is 46.0 Å². The number of carbonyl (C=O) groups is 2. The molecule has 0 saturated carbocycles. The molecule has 1 aromatic carbocycles. The van der Waals surface area contributed by atoms with Crippen LogP contribution < -0.4 is 5.56 Å². The number of esters is 1. The van der Waals surface area contributed by atoms with Gasteiger partial charge in [0.25, 0.3) is 5.56 Å². The molecule has 0 radical (unpaired) electrons. The maximum Gasteiger partial charge on any atom is 0.410 e. The van der Waals surface area contributed by atoms with Crippen LogP contribution >= 0.6 is 0 Å². The van der Waals surface area contributed by atoms with Gasteiger partial charge in [-0.15, -0.1) is 0 Å². The Morgan fingerprint density at radius 2 is 1.80 bits per heavy atom. The van der Waals surface area contributed by atoms with Crippen LogP contribution in [-0.4, -0.2) is 68.8 Å². The smallest absolute Gasteiger partial charge is 0.410 e. The third kappa shape index (κ3) is 5.61. The summed E-state index contributed by atoms with van der Waals surface area (Å²) in [5, 5.41) is 10.4. The van der Waals surface area contributed by atoms with E-state index in [9.17, 15) is 23.9 Å². The molecular weight excluding hydrogens is 459 g/mol. The molecule has 1 unspecified atom stereocenters. The summed E-state index contributed by atoms with van der Waals surface area (Å²) < 4.78 is 25.0. The summed E-state index contributed by atoms with van der Waals surface area (Å²) in [6, 6.07) is 5.36. The monoisotopic (exact) mass is 490 g/mol. The highest BCUT2D eigenvalue weighted by Crippen LogP contribution is 2.31. The van der Waals surface area contributed by atoms with Crippen molar-refractivity contribution in [2.75, 3.05) is 26.7 Å². The first-order chi connectivity index (χ1) is 16.2. The zero-order valence-electron chi connectivity index (χ0n) is 20.8. The molecule has 1 fully saturated rings. The molecule has 11 heteroatoms. The van der Waals surface area contributed by atoms with Gasteiger partial charge in [-0.1, -0.05) is 12.1 Å². The van der Waals surface area contributed by atoms with Gasteiger partial charge in [0.1, 0.15) is 23.8 Å². The Bertz CT molecular complexity index is 1170. The molecular formula is C24H31FN4O6. The number of carbonyl (C=O) groups excluding carboxylic acids is 2. The molecule has 1 N–H and O–H groups in total. The van der Waals surface area contributed by atoms with Gasteiger partial charge < -0.3 is 19.5 Å². The molecule has 10 nitrogen and oxygen atoms in total. The second-order valence-electron chi connectivity index (χ2n) is 9.80. The number of benzene rings is 1. The van der Waals surface area contributed by atoms with Crippen LogP contribution in [0.15, 0.2) is 29.1 Å². The van der Waals surface area contributed by atoms with Gasteiger partial charge in [-0.05, 0) is 52.4 Å². The molecule has 0 aliphatic carbocycles. The van der Waals surface area contributed by atoms with Crippen LogP contribution in [0.1, 0.15) is 49.6 Å². The van der Waals surface area contributed by atoms with Gasteiger partial charge in [0.15, 0.2) is 5.69 Å². The van der Waals surface area contributed by atoms with Crippen LogP contribution in [0, 0.1) is 5.82 Å². The highest BCUT2D eigenvalue weighted by molar-refractivity contribution is 5.90. The van der Waals surface area contributed by atoms with Crippen LogP contribution in [-0.2, 0) is 28.7 Å². The number of rotatable bonds is 4. The minimum Gasteiger partial charge on any atom is -0.501 e. The van der Waals surface area contributed by atoms with Crippen molar-refractivity contribution >= 4 is 12.1 Å². The lowest BCUT2D eigenvalue weighted by Crippen LogP contribution is -2.60. The number of halogens is 1. The van der Waals surface area contributed by atoms with Crippen LogP contribution in [0.3, 0.4) is 0 Å². The van der Waals surface area contributed by atoms with E-state index in [1.165, 1.54) is 36.2 Å². The van der Waals surface area contributed by atoms with Gasteiger partial charge >= 0.3 is 12.1 Å². The highest BCUT2D eigenvalue weighted by atomic mass is 19.1. The zero-order chi connectivity index (χ0) is 26.1. The molecule has 190 valence electrons. The predicted molar refractivity (Wildman–Crippen MR) is 124 cm³/mol. The molecule has 1 aliphatic heterocycles. The van der Waals surface area contributed by atoms with Gasteiger partial charge in [0, 0.05) is 26.7 Å². The van der Waals surface area contributed by atoms with E-state index in [-0.39, 0.29) is 19.0 Å². The van der Waals surface area contributed by atoms with Gasteiger partial charge in [-0.2, -0.15) is 0 Å².